The second kappa shape index (κ2) is 42.4. The van der Waals surface area contributed by atoms with E-state index in [4.69, 9.17) is 14.2 Å². The summed E-state index contributed by atoms with van der Waals surface area (Å²) in [5, 5.41) is 0. The quantitative estimate of drug-likeness (QED) is 0.0269. The Hall–Kier alpha value is -2.37. The van der Waals surface area contributed by atoms with Crippen LogP contribution in [0.15, 0.2) is 36.5 Å². The predicted octanol–water partition coefficient (Wildman–Crippen LogP) is 14.2. The van der Waals surface area contributed by atoms with E-state index in [9.17, 15) is 14.4 Å². The van der Waals surface area contributed by atoms with E-state index < -0.39 is 6.10 Å². The monoisotopic (exact) mass is 745 g/mol. The van der Waals surface area contributed by atoms with Crippen LogP contribution in [0.1, 0.15) is 226 Å². The summed E-state index contributed by atoms with van der Waals surface area (Å²) in [5.41, 5.74) is 0. The highest BCUT2D eigenvalue weighted by Gasteiger charge is 2.19. The molecular formula is C47H84O6. The molecule has 0 saturated carbocycles. The zero-order valence-electron chi connectivity index (χ0n) is 35.0. The molecule has 0 N–H and O–H groups in total. The molecule has 0 aromatic carbocycles. The largest absolute Gasteiger partial charge is 0.462 e. The first-order valence-corrected chi connectivity index (χ1v) is 22.5. The van der Waals surface area contributed by atoms with Crippen molar-refractivity contribution in [1.82, 2.24) is 0 Å². The lowest BCUT2D eigenvalue weighted by Gasteiger charge is -2.18. The van der Waals surface area contributed by atoms with E-state index in [1.165, 1.54) is 89.9 Å². The summed E-state index contributed by atoms with van der Waals surface area (Å²) in [5.74, 6) is -0.903. The Balaban J connectivity index is 4.39. The van der Waals surface area contributed by atoms with Crippen LogP contribution in [-0.4, -0.2) is 37.2 Å². The van der Waals surface area contributed by atoms with Gasteiger partial charge in [0.15, 0.2) is 6.10 Å². The molecule has 0 saturated heterocycles. The summed E-state index contributed by atoms with van der Waals surface area (Å²) in [6.07, 6.45) is 46.9. The van der Waals surface area contributed by atoms with E-state index in [1.807, 2.05) is 0 Å². The van der Waals surface area contributed by atoms with Gasteiger partial charge < -0.3 is 14.2 Å². The Morgan fingerprint density at radius 1 is 0.377 bits per heavy atom. The van der Waals surface area contributed by atoms with Gasteiger partial charge in [-0.3, -0.25) is 14.4 Å². The third-order valence-corrected chi connectivity index (χ3v) is 9.60. The lowest BCUT2D eigenvalue weighted by atomic mass is 10.1. The summed E-state index contributed by atoms with van der Waals surface area (Å²) in [7, 11) is 0. The van der Waals surface area contributed by atoms with Crippen LogP contribution in [0.3, 0.4) is 0 Å². The molecule has 0 aliphatic heterocycles. The van der Waals surface area contributed by atoms with E-state index in [1.54, 1.807) is 0 Å². The molecular weight excluding hydrogens is 661 g/mol. The second-order valence-corrected chi connectivity index (χ2v) is 15.0. The summed E-state index contributed by atoms with van der Waals surface area (Å²) in [4.78, 5) is 37.7. The first-order valence-electron chi connectivity index (χ1n) is 22.5. The summed E-state index contributed by atoms with van der Waals surface area (Å²) < 4.78 is 16.7. The molecule has 308 valence electrons. The summed E-state index contributed by atoms with van der Waals surface area (Å²) in [6, 6.07) is 0. The normalized spacial score (nSPS) is 12.3. The van der Waals surface area contributed by atoms with Gasteiger partial charge in [0, 0.05) is 19.3 Å². The Labute approximate surface area is 327 Å². The molecule has 0 aliphatic rings. The van der Waals surface area contributed by atoms with Crippen molar-refractivity contribution in [3.63, 3.8) is 0 Å². The average Bonchev–Trinajstić information content (AvgIpc) is 3.15. The van der Waals surface area contributed by atoms with Crippen molar-refractivity contribution in [1.29, 1.82) is 0 Å². The first kappa shape index (κ1) is 50.6. The van der Waals surface area contributed by atoms with Crippen molar-refractivity contribution in [3.8, 4) is 0 Å². The number of carbonyl (C=O) groups excluding carboxylic acids is 3. The highest BCUT2D eigenvalue weighted by molar-refractivity contribution is 5.71. The number of ether oxygens (including phenoxy) is 3. The smallest absolute Gasteiger partial charge is 0.306 e. The highest BCUT2D eigenvalue weighted by atomic mass is 16.6. The van der Waals surface area contributed by atoms with Gasteiger partial charge in [-0.1, -0.05) is 173 Å². The van der Waals surface area contributed by atoms with Gasteiger partial charge in [-0.15, -0.1) is 0 Å². The van der Waals surface area contributed by atoms with Crippen LogP contribution in [0, 0.1) is 0 Å². The SMILES string of the molecule is CCC/C=C\C/C=C\CCCCCCCC(=O)OCC(COC(=O)CCCCCCCCCCCC)OC(=O)CCCCCCC/C=C\CCCCC. The molecule has 0 aliphatic carbocycles. The standard InChI is InChI=1S/C47H84O6/c1-4-7-10-13-16-19-22-24-26-28-31-34-37-40-46(49)52-43-44(42-51-45(48)39-36-33-30-27-21-18-15-12-9-6-3)53-47(50)41-38-35-32-29-25-23-20-17-14-11-8-5-2/h10,13,17,19-20,22,44H,4-9,11-12,14-16,18,21,23-43H2,1-3H3/b13-10-,20-17-,22-19-. The number of unbranched alkanes of at least 4 members (excludes halogenated alkanes) is 23. The minimum absolute atomic E-state index is 0.0783. The lowest BCUT2D eigenvalue weighted by molar-refractivity contribution is -0.167. The molecule has 6 heteroatoms. The van der Waals surface area contributed by atoms with Gasteiger partial charge in [0.05, 0.1) is 0 Å². The number of rotatable bonds is 40. The maximum absolute atomic E-state index is 12.7. The second-order valence-electron chi connectivity index (χ2n) is 15.0. The Kier molecular flexibility index (Phi) is 40.5. The molecule has 0 fully saturated rings. The Morgan fingerprint density at radius 2 is 0.717 bits per heavy atom. The van der Waals surface area contributed by atoms with Crippen LogP contribution in [0.4, 0.5) is 0 Å². The molecule has 1 unspecified atom stereocenters. The fraction of sp³-hybridized carbons (Fsp3) is 0.809. The first-order chi connectivity index (χ1) is 26.0. The van der Waals surface area contributed by atoms with Gasteiger partial charge in [0.25, 0.3) is 0 Å². The molecule has 0 bridgehead atoms. The third kappa shape index (κ3) is 40.6. The van der Waals surface area contributed by atoms with Crippen molar-refractivity contribution < 1.29 is 28.6 Å². The fourth-order valence-electron chi connectivity index (χ4n) is 6.18. The molecule has 1 atom stereocenters. The number of hydrogen-bond acceptors (Lipinski definition) is 6. The zero-order chi connectivity index (χ0) is 38.7. The number of esters is 3. The van der Waals surface area contributed by atoms with Crippen LogP contribution in [0.25, 0.3) is 0 Å². The number of hydrogen-bond donors (Lipinski definition) is 0. The minimum atomic E-state index is -0.776. The van der Waals surface area contributed by atoms with Crippen molar-refractivity contribution in [3.05, 3.63) is 36.5 Å². The Morgan fingerprint density at radius 3 is 1.17 bits per heavy atom. The van der Waals surface area contributed by atoms with Crippen molar-refractivity contribution in [2.24, 2.45) is 0 Å². The molecule has 0 radical (unpaired) electrons. The lowest BCUT2D eigenvalue weighted by Crippen LogP contribution is -2.30. The predicted molar refractivity (Wildman–Crippen MR) is 224 cm³/mol. The maximum atomic E-state index is 12.7. The minimum Gasteiger partial charge on any atom is -0.462 e. The van der Waals surface area contributed by atoms with E-state index in [-0.39, 0.29) is 31.1 Å². The summed E-state index contributed by atoms with van der Waals surface area (Å²) >= 11 is 0. The number of allylic oxidation sites excluding steroid dienone is 6. The molecule has 53 heavy (non-hydrogen) atoms. The molecule has 0 aromatic heterocycles. The van der Waals surface area contributed by atoms with Gasteiger partial charge in [-0.05, 0) is 70.6 Å². The molecule has 0 spiro atoms. The molecule has 6 nitrogen and oxygen atoms in total. The van der Waals surface area contributed by atoms with Gasteiger partial charge in [-0.25, -0.2) is 0 Å². The summed E-state index contributed by atoms with van der Waals surface area (Å²) in [6.45, 7) is 6.51. The highest BCUT2D eigenvalue weighted by Crippen LogP contribution is 2.14. The van der Waals surface area contributed by atoms with Crippen LogP contribution in [0.5, 0.6) is 0 Å². The van der Waals surface area contributed by atoms with Gasteiger partial charge in [0.2, 0.25) is 0 Å². The van der Waals surface area contributed by atoms with Crippen LogP contribution in [-0.2, 0) is 28.6 Å². The maximum Gasteiger partial charge on any atom is 0.306 e. The van der Waals surface area contributed by atoms with Crippen molar-refractivity contribution in [2.45, 2.75) is 232 Å². The van der Waals surface area contributed by atoms with E-state index in [2.05, 4.69) is 57.2 Å². The zero-order valence-corrected chi connectivity index (χ0v) is 35.0. The average molecular weight is 745 g/mol. The van der Waals surface area contributed by atoms with Crippen LogP contribution in [0.2, 0.25) is 0 Å². The van der Waals surface area contributed by atoms with Crippen molar-refractivity contribution >= 4 is 17.9 Å². The molecule has 0 rings (SSSR count). The Bertz CT molecular complexity index is 907. The van der Waals surface area contributed by atoms with Gasteiger partial charge in [0.1, 0.15) is 13.2 Å². The molecule has 0 heterocycles. The number of carbonyl (C=O) groups is 3. The molecule has 0 aromatic rings. The van der Waals surface area contributed by atoms with Gasteiger partial charge >= 0.3 is 17.9 Å². The van der Waals surface area contributed by atoms with E-state index in [0.29, 0.717) is 19.3 Å². The van der Waals surface area contributed by atoms with Crippen LogP contribution < -0.4 is 0 Å². The van der Waals surface area contributed by atoms with E-state index >= 15 is 0 Å². The molecule has 0 amide bonds. The third-order valence-electron chi connectivity index (χ3n) is 9.60. The van der Waals surface area contributed by atoms with E-state index in [0.717, 1.165) is 96.3 Å². The topological polar surface area (TPSA) is 78.9 Å². The van der Waals surface area contributed by atoms with Crippen LogP contribution >= 0.6 is 0 Å². The van der Waals surface area contributed by atoms with Crippen molar-refractivity contribution in [2.75, 3.05) is 13.2 Å². The fourth-order valence-corrected chi connectivity index (χ4v) is 6.18. The van der Waals surface area contributed by atoms with Gasteiger partial charge in [-0.2, -0.15) is 0 Å².